The van der Waals surface area contributed by atoms with Crippen molar-refractivity contribution in [3.63, 3.8) is 0 Å². The first-order chi connectivity index (χ1) is 9.23. The van der Waals surface area contributed by atoms with E-state index in [4.69, 9.17) is 0 Å². The summed E-state index contributed by atoms with van der Waals surface area (Å²) >= 11 is 0. The Balaban J connectivity index is 2.35. The van der Waals surface area contributed by atoms with E-state index in [2.05, 4.69) is 10.3 Å². The second-order valence-corrected chi connectivity index (χ2v) is 8.63. The van der Waals surface area contributed by atoms with Crippen molar-refractivity contribution in [2.75, 3.05) is 25.9 Å². The predicted octanol–water partition coefficient (Wildman–Crippen LogP) is -0.532. The molecule has 2 heterocycles. The largest absolute Gasteiger partial charge is 0.314 e. The van der Waals surface area contributed by atoms with E-state index >= 15 is 0 Å². The van der Waals surface area contributed by atoms with Crippen molar-refractivity contribution in [1.82, 2.24) is 14.6 Å². The van der Waals surface area contributed by atoms with Gasteiger partial charge in [-0.3, -0.25) is 0 Å². The Labute approximate surface area is 119 Å². The van der Waals surface area contributed by atoms with Crippen LogP contribution in [0, 0.1) is 0 Å². The number of piperazine rings is 1. The number of hydrogen-bond acceptors (Lipinski definition) is 6. The van der Waals surface area contributed by atoms with Gasteiger partial charge < -0.3 is 5.32 Å². The molecule has 2 rings (SSSR count). The Kier molecular flexibility index (Phi) is 4.14. The Hall–Kier alpha value is -1.03. The van der Waals surface area contributed by atoms with Gasteiger partial charge in [-0.15, -0.1) is 0 Å². The van der Waals surface area contributed by atoms with Gasteiger partial charge in [0, 0.05) is 38.1 Å². The van der Waals surface area contributed by atoms with Gasteiger partial charge in [0.1, 0.15) is 4.90 Å². The van der Waals surface area contributed by atoms with Gasteiger partial charge in [-0.2, -0.15) is 4.31 Å². The SMILES string of the molecule is CC1CNCCN1S(=O)(=O)c1ccc(S(C)(=O)=O)nc1. The summed E-state index contributed by atoms with van der Waals surface area (Å²) in [6, 6.07) is 2.35. The van der Waals surface area contributed by atoms with Crippen LogP contribution in [0.3, 0.4) is 0 Å². The maximum absolute atomic E-state index is 12.5. The molecule has 0 saturated carbocycles. The van der Waals surface area contributed by atoms with Crippen LogP contribution >= 0.6 is 0 Å². The Morgan fingerprint density at radius 3 is 2.50 bits per heavy atom. The zero-order valence-corrected chi connectivity index (χ0v) is 12.9. The number of hydrogen-bond donors (Lipinski definition) is 1. The molecule has 1 fully saturated rings. The fraction of sp³-hybridized carbons (Fsp3) is 0.545. The van der Waals surface area contributed by atoms with Crippen LogP contribution in [0.1, 0.15) is 6.92 Å². The number of nitrogens with zero attached hydrogens (tertiary/aromatic N) is 2. The Bertz CT molecular complexity index is 683. The molecule has 0 radical (unpaired) electrons. The molecule has 112 valence electrons. The molecule has 1 N–H and O–H groups in total. The van der Waals surface area contributed by atoms with Crippen molar-refractivity contribution < 1.29 is 16.8 Å². The van der Waals surface area contributed by atoms with Gasteiger partial charge in [0.25, 0.3) is 0 Å². The number of sulfonamides is 1. The highest BCUT2D eigenvalue weighted by atomic mass is 32.2. The highest BCUT2D eigenvalue weighted by Gasteiger charge is 2.31. The third-order valence-electron chi connectivity index (χ3n) is 3.14. The molecule has 0 amide bonds. The fourth-order valence-corrected chi connectivity index (χ4v) is 4.19. The summed E-state index contributed by atoms with van der Waals surface area (Å²) in [6.07, 6.45) is 2.13. The van der Waals surface area contributed by atoms with Crippen molar-refractivity contribution in [3.05, 3.63) is 18.3 Å². The lowest BCUT2D eigenvalue weighted by Crippen LogP contribution is -2.52. The van der Waals surface area contributed by atoms with Crippen molar-refractivity contribution in [1.29, 1.82) is 0 Å². The number of nitrogens with one attached hydrogen (secondary N) is 1. The predicted molar refractivity (Wildman–Crippen MR) is 73.6 cm³/mol. The van der Waals surface area contributed by atoms with E-state index < -0.39 is 19.9 Å². The second kappa shape index (κ2) is 5.40. The zero-order chi connectivity index (χ0) is 15.0. The summed E-state index contributed by atoms with van der Waals surface area (Å²) in [5.74, 6) is 0. The van der Waals surface area contributed by atoms with Crippen LogP contribution in [0.4, 0.5) is 0 Å². The standard InChI is InChI=1S/C11H17N3O4S2/c1-9-7-12-5-6-14(9)20(17,18)10-3-4-11(13-8-10)19(2,15)16/h3-4,8-9,12H,5-7H2,1-2H3. The summed E-state index contributed by atoms with van der Waals surface area (Å²) in [6.45, 7) is 3.39. The van der Waals surface area contributed by atoms with Gasteiger partial charge >= 0.3 is 0 Å². The molecule has 20 heavy (non-hydrogen) atoms. The topological polar surface area (TPSA) is 96.4 Å². The molecule has 1 unspecified atom stereocenters. The molecular formula is C11H17N3O4S2. The Morgan fingerprint density at radius 2 is 2.00 bits per heavy atom. The molecule has 0 bridgehead atoms. The number of rotatable bonds is 3. The maximum Gasteiger partial charge on any atom is 0.244 e. The molecule has 1 saturated heterocycles. The van der Waals surface area contributed by atoms with E-state index in [0.717, 1.165) is 12.5 Å². The van der Waals surface area contributed by atoms with E-state index in [1.165, 1.54) is 16.4 Å². The lowest BCUT2D eigenvalue weighted by atomic mass is 10.3. The molecule has 1 aliphatic rings. The average molecular weight is 319 g/mol. The summed E-state index contributed by atoms with van der Waals surface area (Å²) in [4.78, 5) is 3.74. The molecule has 0 spiro atoms. The van der Waals surface area contributed by atoms with E-state index in [9.17, 15) is 16.8 Å². The molecule has 1 aromatic heterocycles. The minimum Gasteiger partial charge on any atom is -0.314 e. The summed E-state index contributed by atoms with van der Waals surface area (Å²) in [5, 5.41) is 2.98. The minimum atomic E-state index is -3.64. The van der Waals surface area contributed by atoms with E-state index in [1.54, 1.807) is 0 Å². The van der Waals surface area contributed by atoms with Gasteiger partial charge in [0.05, 0.1) is 0 Å². The number of aromatic nitrogens is 1. The molecule has 7 nitrogen and oxygen atoms in total. The first-order valence-electron chi connectivity index (χ1n) is 6.11. The van der Waals surface area contributed by atoms with Gasteiger partial charge in [-0.05, 0) is 19.1 Å². The average Bonchev–Trinajstić information content (AvgIpc) is 2.38. The third-order valence-corrected chi connectivity index (χ3v) is 6.13. The first kappa shape index (κ1) is 15.4. The molecule has 1 atom stereocenters. The van der Waals surface area contributed by atoms with Gasteiger partial charge in [-0.1, -0.05) is 0 Å². The minimum absolute atomic E-state index is 0.0126. The number of pyridine rings is 1. The smallest absolute Gasteiger partial charge is 0.244 e. The molecular weight excluding hydrogens is 302 g/mol. The van der Waals surface area contributed by atoms with Crippen molar-refractivity contribution in [3.8, 4) is 0 Å². The van der Waals surface area contributed by atoms with Gasteiger partial charge in [-0.25, -0.2) is 21.8 Å². The van der Waals surface area contributed by atoms with Gasteiger partial charge in [0.15, 0.2) is 14.9 Å². The summed E-state index contributed by atoms with van der Waals surface area (Å²) in [5.41, 5.74) is 0. The van der Waals surface area contributed by atoms with E-state index in [0.29, 0.717) is 19.6 Å². The molecule has 0 aliphatic carbocycles. The summed E-state index contributed by atoms with van der Waals surface area (Å²) < 4.78 is 49.0. The lowest BCUT2D eigenvalue weighted by Gasteiger charge is -2.32. The molecule has 9 heteroatoms. The van der Waals surface area contributed by atoms with Crippen molar-refractivity contribution in [2.45, 2.75) is 22.9 Å². The van der Waals surface area contributed by atoms with Crippen LogP contribution in [0.25, 0.3) is 0 Å². The second-order valence-electron chi connectivity index (χ2n) is 4.77. The fourth-order valence-electron chi connectivity index (χ4n) is 2.05. The Morgan fingerprint density at radius 1 is 1.30 bits per heavy atom. The summed E-state index contributed by atoms with van der Waals surface area (Å²) in [7, 11) is -7.07. The molecule has 1 aliphatic heterocycles. The lowest BCUT2D eigenvalue weighted by molar-refractivity contribution is 0.284. The van der Waals surface area contributed by atoms with Crippen LogP contribution in [0.2, 0.25) is 0 Å². The maximum atomic E-state index is 12.5. The zero-order valence-electron chi connectivity index (χ0n) is 11.3. The highest BCUT2D eigenvalue weighted by Crippen LogP contribution is 2.19. The molecule has 1 aromatic rings. The normalized spacial score (nSPS) is 21.8. The quantitative estimate of drug-likeness (QED) is 0.804. The van der Waals surface area contributed by atoms with Crippen LogP contribution in [-0.4, -0.2) is 58.1 Å². The van der Waals surface area contributed by atoms with Crippen LogP contribution in [-0.2, 0) is 19.9 Å². The van der Waals surface area contributed by atoms with Crippen molar-refractivity contribution >= 4 is 19.9 Å². The van der Waals surface area contributed by atoms with Crippen LogP contribution < -0.4 is 5.32 Å². The van der Waals surface area contributed by atoms with E-state index in [1.807, 2.05) is 6.92 Å². The van der Waals surface area contributed by atoms with Crippen LogP contribution in [0.5, 0.6) is 0 Å². The van der Waals surface area contributed by atoms with Crippen molar-refractivity contribution in [2.24, 2.45) is 0 Å². The number of sulfone groups is 1. The monoisotopic (exact) mass is 319 g/mol. The third kappa shape index (κ3) is 3.00. The van der Waals surface area contributed by atoms with Gasteiger partial charge in [0.2, 0.25) is 10.0 Å². The van der Waals surface area contributed by atoms with Crippen LogP contribution in [0.15, 0.2) is 28.3 Å². The molecule has 0 aromatic carbocycles. The highest BCUT2D eigenvalue weighted by molar-refractivity contribution is 7.90. The first-order valence-corrected chi connectivity index (χ1v) is 9.45. The van der Waals surface area contributed by atoms with E-state index in [-0.39, 0.29) is 16.0 Å².